The molecule has 0 aliphatic heterocycles. The first-order chi connectivity index (χ1) is 5.41. The normalized spacial score (nSPS) is 12.7. The van der Waals surface area contributed by atoms with Crippen LogP contribution >= 0.6 is 0 Å². The van der Waals surface area contributed by atoms with Crippen molar-refractivity contribution in [1.29, 1.82) is 0 Å². The summed E-state index contributed by atoms with van der Waals surface area (Å²) in [5, 5.41) is 8.19. The maximum absolute atomic E-state index is 9.76. The van der Waals surface area contributed by atoms with Crippen molar-refractivity contribution in [3.8, 4) is 0 Å². The molecular formula is C9H10O2. The highest BCUT2D eigenvalue weighted by Gasteiger charge is 1.61. The summed E-state index contributed by atoms with van der Waals surface area (Å²) in [6.07, 6.45) is 13.1. The maximum Gasteiger partial charge on any atom is 0.142 e. The Kier molecular flexibility index (Phi) is 7.23. The molecule has 0 saturated carbocycles. The van der Waals surface area contributed by atoms with E-state index < -0.39 is 0 Å². The molecule has 0 aromatic heterocycles. The molecule has 0 aliphatic carbocycles. The summed E-state index contributed by atoms with van der Waals surface area (Å²) in [6.45, 7) is 0. The van der Waals surface area contributed by atoms with Crippen molar-refractivity contribution < 1.29 is 9.90 Å². The first-order valence-corrected chi connectivity index (χ1v) is 3.16. The Morgan fingerprint density at radius 3 is 1.64 bits per heavy atom. The lowest BCUT2D eigenvalue weighted by Gasteiger charge is -1.71. The average Bonchev–Trinajstić information content (AvgIpc) is 2.03. The van der Waals surface area contributed by atoms with E-state index in [1.807, 2.05) is 0 Å². The topological polar surface area (TPSA) is 37.3 Å². The van der Waals surface area contributed by atoms with Crippen molar-refractivity contribution in [2.45, 2.75) is 0 Å². The molecule has 0 bridgehead atoms. The zero-order chi connectivity index (χ0) is 8.36. The molecular weight excluding hydrogens is 140 g/mol. The molecule has 0 saturated heterocycles. The Hall–Kier alpha value is -1.57. The third-order valence-electron chi connectivity index (χ3n) is 0.831. The van der Waals surface area contributed by atoms with Crippen molar-refractivity contribution in [2.75, 3.05) is 0 Å². The SMILES string of the molecule is O=C/C=C\C=CC=C/C=C\O. The molecule has 0 atom stereocenters. The molecule has 0 aliphatic rings. The fourth-order valence-corrected chi connectivity index (χ4v) is 0.416. The zero-order valence-electron chi connectivity index (χ0n) is 6.05. The summed E-state index contributed by atoms with van der Waals surface area (Å²) < 4.78 is 0. The Bertz CT molecular complexity index is 198. The average molecular weight is 150 g/mol. The lowest BCUT2D eigenvalue weighted by Crippen LogP contribution is -1.55. The van der Waals surface area contributed by atoms with Gasteiger partial charge in [0.25, 0.3) is 0 Å². The molecule has 0 unspecified atom stereocenters. The van der Waals surface area contributed by atoms with Gasteiger partial charge in [-0.25, -0.2) is 0 Å². The van der Waals surface area contributed by atoms with E-state index in [1.165, 1.54) is 12.2 Å². The van der Waals surface area contributed by atoms with Crippen LogP contribution in [0.2, 0.25) is 0 Å². The second kappa shape index (κ2) is 8.43. The first kappa shape index (κ1) is 9.43. The molecule has 0 heterocycles. The third kappa shape index (κ3) is 8.43. The quantitative estimate of drug-likeness (QED) is 0.288. The van der Waals surface area contributed by atoms with E-state index in [4.69, 9.17) is 5.11 Å². The fourth-order valence-electron chi connectivity index (χ4n) is 0.416. The highest BCUT2D eigenvalue weighted by Crippen LogP contribution is 1.79. The number of hydrogen-bond acceptors (Lipinski definition) is 2. The molecule has 11 heavy (non-hydrogen) atoms. The molecule has 0 fully saturated rings. The number of aliphatic hydroxyl groups is 1. The summed E-state index contributed by atoms with van der Waals surface area (Å²) in [5.74, 6) is 0. The van der Waals surface area contributed by atoms with Gasteiger partial charge in [0, 0.05) is 0 Å². The van der Waals surface area contributed by atoms with E-state index in [2.05, 4.69) is 0 Å². The van der Waals surface area contributed by atoms with E-state index in [0.29, 0.717) is 6.29 Å². The van der Waals surface area contributed by atoms with Gasteiger partial charge in [0.05, 0.1) is 6.26 Å². The van der Waals surface area contributed by atoms with Crippen LogP contribution in [0.25, 0.3) is 0 Å². The van der Waals surface area contributed by atoms with Gasteiger partial charge < -0.3 is 5.11 Å². The summed E-state index contributed by atoms with van der Waals surface area (Å²) >= 11 is 0. The second-order valence-corrected chi connectivity index (χ2v) is 1.63. The molecule has 0 aromatic carbocycles. The van der Waals surface area contributed by atoms with E-state index >= 15 is 0 Å². The predicted octanol–water partition coefficient (Wildman–Crippen LogP) is 1.93. The molecule has 2 nitrogen and oxygen atoms in total. The van der Waals surface area contributed by atoms with Crippen molar-refractivity contribution in [1.82, 2.24) is 0 Å². The summed E-state index contributed by atoms with van der Waals surface area (Å²) in [6, 6.07) is 0. The lowest BCUT2D eigenvalue weighted by atomic mass is 10.4. The van der Waals surface area contributed by atoms with Crippen LogP contribution < -0.4 is 0 Å². The minimum Gasteiger partial charge on any atom is -0.516 e. The van der Waals surface area contributed by atoms with Crippen molar-refractivity contribution in [2.24, 2.45) is 0 Å². The van der Waals surface area contributed by atoms with Crippen LogP contribution in [0.1, 0.15) is 0 Å². The Labute approximate surface area is 65.9 Å². The highest BCUT2D eigenvalue weighted by atomic mass is 16.2. The smallest absolute Gasteiger partial charge is 0.142 e. The number of allylic oxidation sites excluding steroid dienone is 7. The first-order valence-electron chi connectivity index (χ1n) is 3.16. The van der Waals surface area contributed by atoms with Crippen molar-refractivity contribution >= 4 is 6.29 Å². The van der Waals surface area contributed by atoms with E-state index in [1.54, 1.807) is 30.4 Å². The molecule has 2 heteroatoms. The Balaban J connectivity index is 3.59. The number of carbonyl (C=O) groups is 1. The van der Waals surface area contributed by atoms with Gasteiger partial charge in [-0.15, -0.1) is 0 Å². The molecule has 0 amide bonds. The number of aldehydes is 1. The van der Waals surface area contributed by atoms with Gasteiger partial charge in [-0.1, -0.05) is 30.4 Å². The highest BCUT2D eigenvalue weighted by molar-refractivity contribution is 5.65. The molecule has 0 aromatic rings. The van der Waals surface area contributed by atoms with Crippen molar-refractivity contribution in [3.05, 3.63) is 48.8 Å². The number of rotatable bonds is 4. The van der Waals surface area contributed by atoms with Crippen molar-refractivity contribution in [3.63, 3.8) is 0 Å². The van der Waals surface area contributed by atoms with Crippen LogP contribution in [-0.2, 0) is 4.79 Å². The molecule has 58 valence electrons. The van der Waals surface area contributed by atoms with Gasteiger partial charge >= 0.3 is 0 Å². The van der Waals surface area contributed by atoms with Gasteiger partial charge in [0.2, 0.25) is 0 Å². The van der Waals surface area contributed by atoms with Gasteiger partial charge in [-0.3, -0.25) is 4.79 Å². The zero-order valence-corrected chi connectivity index (χ0v) is 6.05. The largest absolute Gasteiger partial charge is 0.516 e. The predicted molar refractivity (Wildman–Crippen MR) is 45.3 cm³/mol. The van der Waals surface area contributed by atoms with Gasteiger partial charge in [-0.2, -0.15) is 0 Å². The van der Waals surface area contributed by atoms with Crippen LogP contribution in [0.5, 0.6) is 0 Å². The molecule has 0 rings (SSSR count). The summed E-state index contributed by atoms with van der Waals surface area (Å²) in [4.78, 5) is 9.76. The Morgan fingerprint density at radius 1 is 0.727 bits per heavy atom. The summed E-state index contributed by atoms with van der Waals surface area (Å²) in [5.41, 5.74) is 0. The van der Waals surface area contributed by atoms with Gasteiger partial charge in [0.15, 0.2) is 0 Å². The molecule has 0 radical (unpaired) electrons. The monoisotopic (exact) mass is 150 g/mol. The van der Waals surface area contributed by atoms with Crippen LogP contribution in [0.15, 0.2) is 48.8 Å². The Morgan fingerprint density at radius 2 is 1.18 bits per heavy atom. The molecule has 1 N–H and O–H groups in total. The van der Waals surface area contributed by atoms with E-state index in [0.717, 1.165) is 6.26 Å². The number of aliphatic hydroxyl groups excluding tert-OH is 1. The van der Waals surface area contributed by atoms with Crippen LogP contribution in [0, 0.1) is 0 Å². The minimum absolute atomic E-state index is 0.710. The third-order valence-corrected chi connectivity index (χ3v) is 0.831. The van der Waals surface area contributed by atoms with Crippen LogP contribution in [0.3, 0.4) is 0 Å². The molecule has 0 spiro atoms. The van der Waals surface area contributed by atoms with E-state index in [9.17, 15) is 4.79 Å². The maximum atomic E-state index is 9.76. The minimum atomic E-state index is 0.710. The standard InChI is InChI=1S/C9H10O2/c10-8-6-4-2-1-3-5-7-9-11/h1-10H/b3-1?,4-2?,7-5-,8-6-. The van der Waals surface area contributed by atoms with E-state index in [-0.39, 0.29) is 0 Å². The fraction of sp³-hybridized carbons (Fsp3) is 0. The van der Waals surface area contributed by atoms with Gasteiger partial charge in [-0.05, 0) is 12.2 Å². The van der Waals surface area contributed by atoms with Crippen LogP contribution in [-0.4, -0.2) is 11.4 Å². The number of hydrogen-bond donors (Lipinski definition) is 1. The lowest BCUT2D eigenvalue weighted by molar-refractivity contribution is -0.104. The van der Waals surface area contributed by atoms with Gasteiger partial charge in [0.1, 0.15) is 6.29 Å². The van der Waals surface area contributed by atoms with Crippen LogP contribution in [0.4, 0.5) is 0 Å². The second-order valence-electron chi connectivity index (χ2n) is 1.63. The summed E-state index contributed by atoms with van der Waals surface area (Å²) in [7, 11) is 0. The number of carbonyl (C=O) groups excluding carboxylic acids is 1.